The number of aliphatic hydroxyl groups is 1. The Labute approximate surface area is 102 Å². The molecule has 0 saturated carbocycles. The number of unbranched alkanes of at least 4 members (excludes halogenated alkanes) is 1. The average Bonchev–Trinajstić information content (AvgIpc) is 2.72. The minimum absolute atomic E-state index is 0.495. The van der Waals surface area contributed by atoms with E-state index in [0.717, 1.165) is 31.5 Å². The third kappa shape index (κ3) is 3.04. The third-order valence-electron chi connectivity index (χ3n) is 3.32. The molecule has 0 atom stereocenters. The Balaban J connectivity index is 1.78. The molecule has 0 amide bonds. The highest BCUT2D eigenvalue weighted by molar-refractivity contribution is 4.96. The van der Waals surface area contributed by atoms with Crippen LogP contribution in [0.1, 0.15) is 44.8 Å². The fourth-order valence-electron chi connectivity index (χ4n) is 2.10. The summed E-state index contributed by atoms with van der Waals surface area (Å²) in [6, 6.07) is 0. The summed E-state index contributed by atoms with van der Waals surface area (Å²) in [6.07, 6.45) is 3.92. The van der Waals surface area contributed by atoms with Gasteiger partial charge in [0.05, 0.1) is 12.1 Å². The summed E-state index contributed by atoms with van der Waals surface area (Å²) in [5.74, 6) is 1.46. The highest BCUT2D eigenvalue weighted by Crippen LogP contribution is 2.25. The molecule has 1 fully saturated rings. The summed E-state index contributed by atoms with van der Waals surface area (Å²) >= 11 is 0. The molecule has 0 aromatic carbocycles. The van der Waals surface area contributed by atoms with Crippen molar-refractivity contribution < 1.29 is 9.63 Å². The van der Waals surface area contributed by atoms with Gasteiger partial charge in [-0.15, -0.1) is 0 Å². The molecule has 1 aliphatic heterocycles. The molecule has 0 spiro atoms. The Morgan fingerprint density at radius 2 is 2.18 bits per heavy atom. The van der Waals surface area contributed by atoms with E-state index in [-0.39, 0.29) is 0 Å². The van der Waals surface area contributed by atoms with E-state index in [0.29, 0.717) is 25.5 Å². The summed E-state index contributed by atoms with van der Waals surface area (Å²) in [5, 5.41) is 13.8. The van der Waals surface area contributed by atoms with E-state index < -0.39 is 5.60 Å². The number of likely N-dealkylation sites (tertiary alicyclic amines) is 1. The van der Waals surface area contributed by atoms with Crippen LogP contribution < -0.4 is 0 Å². The summed E-state index contributed by atoms with van der Waals surface area (Å²) in [5.41, 5.74) is -0.495. The Morgan fingerprint density at radius 1 is 1.41 bits per heavy atom. The van der Waals surface area contributed by atoms with Gasteiger partial charge in [-0.2, -0.15) is 4.98 Å². The Hall–Kier alpha value is -0.940. The lowest BCUT2D eigenvalue weighted by Crippen LogP contribution is -2.60. The van der Waals surface area contributed by atoms with Crippen molar-refractivity contribution in [3.8, 4) is 0 Å². The molecule has 0 unspecified atom stereocenters. The van der Waals surface area contributed by atoms with Crippen molar-refractivity contribution in [3.63, 3.8) is 0 Å². The van der Waals surface area contributed by atoms with E-state index in [1.165, 1.54) is 0 Å². The third-order valence-corrected chi connectivity index (χ3v) is 3.32. The molecule has 0 radical (unpaired) electrons. The molecule has 1 saturated heterocycles. The van der Waals surface area contributed by atoms with Crippen molar-refractivity contribution in [2.45, 2.75) is 51.7 Å². The standard InChI is InChI=1S/C12H21N3O2/c1-3-5-6-10-13-11(17-14-10)7-15-8-12(16,4-2)9-15/h16H,3-9H2,1-2H3. The van der Waals surface area contributed by atoms with E-state index in [2.05, 4.69) is 22.0 Å². The predicted octanol–water partition coefficient (Wildman–Crippen LogP) is 1.37. The van der Waals surface area contributed by atoms with Gasteiger partial charge in [0, 0.05) is 19.5 Å². The lowest BCUT2D eigenvalue weighted by molar-refractivity contribution is -0.106. The molecule has 0 bridgehead atoms. The largest absolute Gasteiger partial charge is 0.387 e. The van der Waals surface area contributed by atoms with Crippen LogP contribution in [0.2, 0.25) is 0 Å². The monoisotopic (exact) mass is 239 g/mol. The van der Waals surface area contributed by atoms with Gasteiger partial charge in [0.1, 0.15) is 0 Å². The van der Waals surface area contributed by atoms with E-state index in [4.69, 9.17) is 4.52 Å². The first kappa shape index (κ1) is 12.5. The number of hydrogen-bond acceptors (Lipinski definition) is 5. The summed E-state index contributed by atoms with van der Waals surface area (Å²) in [4.78, 5) is 6.47. The van der Waals surface area contributed by atoms with Crippen molar-refractivity contribution in [2.75, 3.05) is 13.1 Å². The topological polar surface area (TPSA) is 62.4 Å². The molecular weight excluding hydrogens is 218 g/mol. The molecule has 17 heavy (non-hydrogen) atoms. The first-order valence-electron chi connectivity index (χ1n) is 6.41. The maximum atomic E-state index is 9.88. The van der Waals surface area contributed by atoms with Crippen LogP contribution in [0.15, 0.2) is 4.52 Å². The van der Waals surface area contributed by atoms with Gasteiger partial charge in [0.2, 0.25) is 5.89 Å². The number of aryl methyl sites for hydroxylation is 1. The Morgan fingerprint density at radius 3 is 2.82 bits per heavy atom. The van der Waals surface area contributed by atoms with Crippen LogP contribution in [0.25, 0.3) is 0 Å². The molecule has 1 aromatic heterocycles. The number of nitrogens with zero attached hydrogens (tertiary/aromatic N) is 3. The van der Waals surface area contributed by atoms with Crippen molar-refractivity contribution >= 4 is 0 Å². The average molecular weight is 239 g/mol. The summed E-state index contributed by atoms with van der Waals surface area (Å²) < 4.78 is 5.19. The smallest absolute Gasteiger partial charge is 0.240 e. The lowest BCUT2D eigenvalue weighted by Gasteiger charge is -2.45. The zero-order valence-electron chi connectivity index (χ0n) is 10.6. The van der Waals surface area contributed by atoms with Crippen LogP contribution in [0, 0.1) is 0 Å². The second-order valence-electron chi connectivity index (χ2n) is 4.93. The second-order valence-corrected chi connectivity index (χ2v) is 4.93. The number of aromatic nitrogens is 2. The van der Waals surface area contributed by atoms with Crippen LogP contribution in [0.3, 0.4) is 0 Å². The Bertz CT molecular complexity index is 358. The van der Waals surface area contributed by atoms with Gasteiger partial charge in [-0.25, -0.2) is 0 Å². The first-order chi connectivity index (χ1) is 8.15. The van der Waals surface area contributed by atoms with Crippen molar-refractivity contribution in [1.82, 2.24) is 15.0 Å². The maximum Gasteiger partial charge on any atom is 0.240 e. The molecule has 5 heteroatoms. The molecular formula is C12H21N3O2. The van der Waals surface area contributed by atoms with Crippen LogP contribution in [0.4, 0.5) is 0 Å². The van der Waals surface area contributed by atoms with Gasteiger partial charge in [0.25, 0.3) is 0 Å². The number of hydrogen-bond donors (Lipinski definition) is 1. The second kappa shape index (κ2) is 5.14. The molecule has 1 aromatic rings. The van der Waals surface area contributed by atoms with Gasteiger partial charge >= 0.3 is 0 Å². The zero-order valence-corrected chi connectivity index (χ0v) is 10.6. The fourth-order valence-corrected chi connectivity index (χ4v) is 2.10. The predicted molar refractivity (Wildman–Crippen MR) is 63.4 cm³/mol. The van der Waals surface area contributed by atoms with Crippen molar-refractivity contribution in [2.24, 2.45) is 0 Å². The molecule has 5 nitrogen and oxygen atoms in total. The molecule has 96 valence electrons. The summed E-state index contributed by atoms with van der Waals surface area (Å²) in [6.45, 7) is 6.22. The zero-order chi connectivity index (χ0) is 12.3. The molecule has 0 aliphatic carbocycles. The van der Waals surface area contributed by atoms with Crippen LogP contribution in [0.5, 0.6) is 0 Å². The molecule has 2 rings (SSSR count). The fraction of sp³-hybridized carbons (Fsp3) is 0.833. The van der Waals surface area contributed by atoms with Crippen molar-refractivity contribution in [3.05, 3.63) is 11.7 Å². The van der Waals surface area contributed by atoms with E-state index >= 15 is 0 Å². The molecule has 1 aliphatic rings. The van der Waals surface area contributed by atoms with Gasteiger partial charge in [-0.3, -0.25) is 4.90 Å². The maximum absolute atomic E-state index is 9.88. The van der Waals surface area contributed by atoms with E-state index in [1.54, 1.807) is 0 Å². The highest BCUT2D eigenvalue weighted by Gasteiger charge is 2.39. The first-order valence-corrected chi connectivity index (χ1v) is 6.41. The summed E-state index contributed by atoms with van der Waals surface area (Å²) in [7, 11) is 0. The normalized spacial score (nSPS) is 19.2. The minimum atomic E-state index is -0.495. The number of rotatable bonds is 6. The SMILES string of the molecule is CCCCc1noc(CN2CC(O)(CC)C2)n1. The van der Waals surface area contributed by atoms with Gasteiger partial charge < -0.3 is 9.63 Å². The van der Waals surface area contributed by atoms with Gasteiger partial charge in [0.15, 0.2) is 5.82 Å². The Kier molecular flexibility index (Phi) is 3.79. The highest BCUT2D eigenvalue weighted by atomic mass is 16.5. The molecule has 1 N–H and O–H groups in total. The lowest BCUT2D eigenvalue weighted by atomic mass is 9.91. The van der Waals surface area contributed by atoms with E-state index in [9.17, 15) is 5.11 Å². The quantitative estimate of drug-likeness (QED) is 0.812. The van der Waals surface area contributed by atoms with Crippen LogP contribution in [-0.4, -0.2) is 38.8 Å². The molecule has 2 heterocycles. The number of β-amino-alcohol motifs (C(OH)–C–C–N with tert-alkyl or cyclic N) is 1. The van der Waals surface area contributed by atoms with Crippen LogP contribution in [-0.2, 0) is 13.0 Å². The van der Waals surface area contributed by atoms with Crippen LogP contribution >= 0.6 is 0 Å². The van der Waals surface area contributed by atoms with Gasteiger partial charge in [-0.1, -0.05) is 25.4 Å². The van der Waals surface area contributed by atoms with Gasteiger partial charge in [-0.05, 0) is 12.8 Å². The van der Waals surface area contributed by atoms with Crippen molar-refractivity contribution in [1.29, 1.82) is 0 Å². The minimum Gasteiger partial charge on any atom is -0.387 e. The van der Waals surface area contributed by atoms with E-state index in [1.807, 2.05) is 6.92 Å².